The minimum absolute atomic E-state index is 0.193. The molecule has 0 radical (unpaired) electrons. The molecule has 0 spiro atoms. The first-order valence-corrected chi connectivity index (χ1v) is 12.9. The van der Waals surface area contributed by atoms with Gasteiger partial charge in [-0.3, -0.25) is 4.79 Å². The van der Waals surface area contributed by atoms with Crippen LogP contribution in [0.3, 0.4) is 0 Å². The van der Waals surface area contributed by atoms with Crippen LogP contribution in [0.5, 0.6) is 5.75 Å². The Morgan fingerprint density at radius 3 is 2.56 bits per heavy atom. The summed E-state index contributed by atoms with van der Waals surface area (Å²) >= 11 is 1.60. The predicted molar refractivity (Wildman–Crippen MR) is 128 cm³/mol. The molecule has 2 aromatic rings. The molecule has 1 saturated heterocycles. The van der Waals surface area contributed by atoms with Crippen LogP contribution in [0.4, 0.5) is 0 Å². The number of benzene rings is 1. The number of aromatic nitrogens is 1. The largest absolute Gasteiger partial charge is 0.490 e. The van der Waals surface area contributed by atoms with E-state index in [1.807, 2.05) is 12.1 Å². The Hall–Kier alpha value is -2.49. The summed E-state index contributed by atoms with van der Waals surface area (Å²) in [6, 6.07) is 8.87. The number of hydrogen-bond donors (Lipinski definition) is 1. The molecule has 2 aliphatic heterocycles. The molecule has 1 aliphatic carbocycles. The number of carbonyl (C=O) groups is 2. The maximum Gasteiger partial charge on any atom is 0.329 e. The van der Waals surface area contributed by atoms with Gasteiger partial charge in [0.2, 0.25) is 5.91 Å². The highest BCUT2D eigenvalue weighted by molar-refractivity contribution is 7.15. The van der Waals surface area contributed by atoms with Gasteiger partial charge in [0, 0.05) is 42.3 Å². The number of rotatable bonds is 8. The Balaban J connectivity index is 1.13. The monoisotopic (exact) mass is 485 g/mol. The lowest BCUT2D eigenvalue weighted by Crippen LogP contribution is -2.50. The molecule has 34 heavy (non-hydrogen) atoms. The second kappa shape index (κ2) is 10.4. The number of fused-ring (bicyclic) bond motifs is 1. The molecule has 9 heteroatoms. The average Bonchev–Trinajstić information content (AvgIpc) is 3.25. The van der Waals surface area contributed by atoms with Gasteiger partial charge >= 0.3 is 5.97 Å². The number of likely N-dealkylation sites (tertiary alicyclic amines) is 1. The molecule has 182 valence electrons. The van der Waals surface area contributed by atoms with Gasteiger partial charge in [-0.1, -0.05) is 6.42 Å². The van der Waals surface area contributed by atoms with Crippen molar-refractivity contribution in [3.63, 3.8) is 0 Å². The molecule has 1 N–H and O–H groups in total. The summed E-state index contributed by atoms with van der Waals surface area (Å²) in [5.41, 5.74) is 2.09. The zero-order chi connectivity index (χ0) is 23.5. The number of carboxylic acid groups (broad SMARTS) is 1. The summed E-state index contributed by atoms with van der Waals surface area (Å²) in [4.78, 5) is 33.1. The lowest BCUT2D eigenvalue weighted by atomic mass is 9.86. The fourth-order valence-corrected chi connectivity index (χ4v) is 6.06. The summed E-state index contributed by atoms with van der Waals surface area (Å²) in [6.45, 7) is 2.87. The van der Waals surface area contributed by atoms with Crippen molar-refractivity contribution < 1.29 is 24.2 Å². The Morgan fingerprint density at radius 2 is 1.82 bits per heavy atom. The average molecular weight is 486 g/mol. The van der Waals surface area contributed by atoms with Gasteiger partial charge in [0.25, 0.3) is 0 Å². The maximum atomic E-state index is 12.3. The number of amides is 1. The van der Waals surface area contributed by atoms with Gasteiger partial charge in [0.1, 0.15) is 30.1 Å². The van der Waals surface area contributed by atoms with Gasteiger partial charge in [-0.15, -0.1) is 11.3 Å². The third kappa shape index (κ3) is 5.42. The number of nitrogens with zero attached hydrogens (tertiary/aromatic N) is 3. The molecule has 1 saturated carbocycles. The van der Waals surface area contributed by atoms with Gasteiger partial charge in [-0.2, -0.15) is 0 Å². The Morgan fingerprint density at radius 1 is 1.06 bits per heavy atom. The normalized spacial score (nSPS) is 22.6. The summed E-state index contributed by atoms with van der Waals surface area (Å²) in [5.74, 6) is -0.362. The van der Waals surface area contributed by atoms with Crippen molar-refractivity contribution in [2.75, 3.05) is 32.8 Å². The van der Waals surface area contributed by atoms with E-state index in [0.717, 1.165) is 39.7 Å². The van der Waals surface area contributed by atoms with Crippen LogP contribution < -0.4 is 4.74 Å². The van der Waals surface area contributed by atoms with Crippen molar-refractivity contribution in [3.05, 3.63) is 34.8 Å². The molecular formula is C25H31N3O5S. The molecular weight excluding hydrogens is 454 g/mol. The van der Waals surface area contributed by atoms with Crippen molar-refractivity contribution in [1.82, 2.24) is 14.8 Å². The van der Waals surface area contributed by atoms with E-state index in [4.69, 9.17) is 19.6 Å². The molecule has 0 unspecified atom stereocenters. The van der Waals surface area contributed by atoms with E-state index in [0.29, 0.717) is 31.7 Å². The van der Waals surface area contributed by atoms with Crippen LogP contribution in [0, 0.1) is 0 Å². The van der Waals surface area contributed by atoms with Crippen LogP contribution in [0.2, 0.25) is 0 Å². The van der Waals surface area contributed by atoms with Crippen molar-refractivity contribution in [1.29, 1.82) is 0 Å². The van der Waals surface area contributed by atoms with Crippen LogP contribution in [0.1, 0.15) is 42.7 Å². The lowest BCUT2D eigenvalue weighted by molar-refractivity contribution is -0.146. The minimum Gasteiger partial charge on any atom is -0.490 e. The van der Waals surface area contributed by atoms with E-state index in [2.05, 4.69) is 17.0 Å². The summed E-state index contributed by atoms with van der Waals surface area (Å²) < 4.78 is 11.1. The Kier molecular flexibility index (Phi) is 7.12. The van der Waals surface area contributed by atoms with Gasteiger partial charge in [-0.05, 0) is 50.2 Å². The molecule has 3 aliphatic rings. The second-order valence-electron chi connectivity index (χ2n) is 9.33. The number of ether oxygens (including phenoxy) is 2. The van der Waals surface area contributed by atoms with Crippen LogP contribution in [-0.2, 0) is 27.3 Å². The van der Waals surface area contributed by atoms with E-state index >= 15 is 0 Å². The molecule has 5 rings (SSSR count). The topological polar surface area (TPSA) is 92.2 Å². The van der Waals surface area contributed by atoms with E-state index < -0.39 is 12.6 Å². The van der Waals surface area contributed by atoms with Crippen LogP contribution >= 0.6 is 11.3 Å². The van der Waals surface area contributed by atoms with E-state index in [-0.39, 0.29) is 12.5 Å². The van der Waals surface area contributed by atoms with Crippen LogP contribution in [0.25, 0.3) is 10.6 Å². The van der Waals surface area contributed by atoms with E-state index in [9.17, 15) is 9.59 Å². The number of hydrogen-bond acceptors (Lipinski definition) is 7. The highest BCUT2D eigenvalue weighted by Crippen LogP contribution is 2.34. The van der Waals surface area contributed by atoms with E-state index in [1.54, 1.807) is 16.2 Å². The van der Waals surface area contributed by atoms with Gasteiger partial charge in [0.15, 0.2) is 0 Å². The first kappa shape index (κ1) is 23.3. The molecule has 3 heterocycles. The first-order valence-electron chi connectivity index (χ1n) is 12.1. The molecule has 1 amide bonds. The maximum absolute atomic E-state index is 12.3. The second-order valence-corrected chi connectivity index (χ2v) is 10.4. The molecule has 0 bridgehead atoms. The fourth-order valence-electron chi connectivity index (χ4n) is 4.93. The lowest BCUT2D eigenvalue weighted by Gasteiger charge is -2.44. The summed E-state index contributed by atoms with van der Waals surface area (Å²) in [5, 5.41) is 9.59. The fraction of sp³-hybridized carbons (Fsp3) is 0.560. The van der Waals surface area contributed by atoms with Crippen molar-refractivity contribution in [3.8, 4) is 16.3 Å². The zero-order valence-corrected chi connectivity index (χ0v) is 20.1. The number of carbonyl (C=O) groups excluding carboxylic acids is 1. The van der Waals surface area contributed by atoms with Gasteiger partial charge < -0.3 is 24.4 Å². The predicted octanol–water partition coefficient (Wildman–Crippen LogP) is 3.19. The SMILES string of the molecule is O=C(O)COCC(=O)N1CCc2nc(-c3ccc(OC4CC(N5CCCCC5)C4)cc3)sc2C1. The van der Waals surface area contributed by atoms with Crippen molar-refractivity contribution in [2.45, 2.75) is 57.2 Å². The van der Waals surface area contributed by atoms with Gasteiger partial charge in [-0.25, -0.2) is 9.78 Å². The zero-order valence-electron chi connectivity index (χ0n) is 19.3. The molecule has 1 aromatic carbocycles. The number of aliphatic carboxylic acids is 1. The van der Waals surface area contributed by atoms with Crippen molar-refractivity contribution >= 4 is 23.2 Å². The highest BCUT2D eigenvalue weighted by Gasteiger charge is 2.35. The number of thiazole rings is 1. The minimum atomic E-state index is -1.08. The number of carboxylic acids is 1. The van der Waals surface area contributed by atoms with Crippen LogP contribution in [-0.4, -0.2) is 76.8 Å². The smallest absolute Gasteiger partial charge is 0.329 e. The molecule has 2 fully saturated rings. The molecule has 8 nitrogen and oxygen atoms in total. The van der Waals surface area contributed by atoms with Crippen LogP contribution in [0.15, 0.2) is 24.3 Å². The van der Waals surface area contributed by atoms with Crippen molar-refractivity contribution in [2.24, 2.45) is 0 Å². The molecule has 1 aromatic heterocycles. The Labute approximate surface area is 203 Å². The first-order chi connectivity index (χ1) is 16.5. The summed E-state index contributed by atoms with van der Waals surface area (Å²) in [6.07, 6.45) is 7.29. The van der Waals surface area contributed by atoms with E-state index in [1.165, 1.54) is 32.4 Å². The third-order valence-electron chi connectivity index (χ3n) is 6.92. The summed E-state index contributed by atoms with van der Waals surface area (Å²) in [7, 11) is 0. The third-order valence-corrected chi connectivity index (χ3v) is 8.05. The highest BCUT2D eigenvalue weighted by atomic mass is 32.1. The standard InChI is InChI=1S/C25H31N3O5S/c29-23(15-32-16-24(30)31)28-11-8-21-22(14-28)34-25(26-21)17-4-6-19(7-5-17)33-20-12-18(13-20)27-9-2-1-3-10-27/h4-7,18,20H,1-3,8-16H2,(H,30,31). The molecule has 0 atom stereocenters. The van der Waals surface area contributed by atoms with Gasteiger partial charge in [0.05, 0.1) is 12.2 Å². The Bertz CT molecular complexity index is 1010. The quantitative estimate of drug-likeness (QED) is 0.614. The number of piperidine rings is 1.